The van der Waals surface area contributed by atoms with Gasteiger partial charge in [-0.1, -0.05) is 5.21 Å². The number of aryl methyl sites for hydroxylation is 1. The number of ether oxygens (including phenoxy) is 1. The molecule has 1 aromatic heterocycles. The number of fused-ring (bicyclic) bond motifs is 2. The first-order valence-electron chi connectivity index (χ1n) is 11.1. The zero-order valence-corrected chi connectivity index (χ0v) is 19.2. The highest BCUT2D eigenvalue weighted by Gasteiger charge is 2.52. The Labute approximate surface area is 179 Å². The van der Waals surface area contributed by atoms with Gasteiger partial charge >= 0.3 is 6.09 Å². The average Bonchev–Trinajstić information content (AvgIpc) is 3.15. The summed E-state index contributed by atoms with van der Waals surface area (Å²) in [6.07, 6.45) is 3.59. The highest BCUT2D eigenvalue weighted by atomic mass is 16.5. The zero-order chi connectivity index (χ0) is 22.1. The third-order valence-electron chi connectivity index (χ3n) is 5.90. The third kappa shape index (κ3) is 5.73. The van der Waals surface area contributed by atoms with E-state index in [0.29, 0.717) is 43.7 Å². The fraction of sp³-hybridized carbons (Fsp3) is 0.818. The average molecular weight is 420 g/mol. The number of carbonyl (C=O) groups excluding carboxylic acids is 2. The number of carbonyl (C=O) groups is 2. The lowest BCUT2D eigenvalue weighted by Crippen LogP contribution is -2.40. The number of nitrogens with zero attached hydrogens (tertiary/aromatic N) is 3. The van der Waals surface area contributed by atoms with Crippen LogP contribution in [0.5, 0.6) is 0 Å². The molecule has 1 saturated carbocycles. The molecule has 8 nitrogen and oxygen atoms in total. The van der Waals surface area contributed by atoms with Crippen LogP contribution < -0.4 is 10.6 Å². The van der Waals surface area contributed by atoms with Crippen LogP contribution in [0.1, 0.15) is 72.2 Å². The van der Waals surface area contributed by atoms with E-state index >= 15 is 0 Å². The molecule has 1 unspecified atom stereocenters. The van der Waals surface area contributed by atoms with Crippen molar-refractivity contribution >= 4 is 12.0 Å². The number of amides is 2. The van der Waals surface area contributed by atoms with Crippen LogP contribution in [0.3, 0.4) is 0 Å². The zero-order valence-electron chi connectivity index (χ0n) is 19.2. The summed E-state index contributed by atoms with van der Waals surface area (Å²) in [6.45, 7) is 13.2. The summed E-state index contributed by atoms with van der Waals surface area (Å²) < 4.78 is 7.52. The Balaban J connectivity index is 1.38. The number of aromatic nitrogens is 3. The summed E-state index contributed by atoms with van der Waals surface area (Å²) in [5.74, 6) is 1.56. The molecule has 0 aliphatic heterocycles. The Hall–Kier alpha value is -2.12. The number of alkyl carbamates (subject to hydrolysis) is 1. The van der Waals surface area contributed by atoms with Crippen LogP contribution in [-0.4, -0.2) is 45.7 Å². The van der Waals surface area contributed by atoms with Gasteiger partial charge in [-0.15, -0.1) is 5.10 Å². The van der Waals surface area contributed by atoms with Crippen LogP contribution >= 0.6 is 0 Å². The number of nitrogens with one attached hydrogen (secondary N) is 2. The van der Waals surface area contributed by atoms with Gasteiger partial charge in [0.15, 0.2) is 0 Å². The van der Waals surface area contributed by atoms with Gasteiger partial charge in [0, 0.05) is 18.5 Å². The van der Waals surface area contributed by atoms with E-state index in [0.717, 1.165) is 25.0 Å². The molecule has 0 radical (unpaired) electrons. The van der Waals surface area contributed by atoms with Gasteiger partial charge < -0.3 is 15.4 Å². The second-order valence-corrected chi connectivity index (χ2v) is 10.7. The maximum absolute atomic E-state index is 12.0. The molecule has 3 rings (SSSR count). The van der Waals surface area contributed by atoms with Gasteiger partial charge in [0.1, 0.15) is 0 Å². The van der Waals surface area contributed by atoms with Crippen molar-refractivity contribution in [2.75, 3.05) is 13.2 Å². The molecule has 168 valence electrons. The maximum atomic E-state index is 12.0. The summed E-state index contributed by atoms with van der Waals surface area (Å²) in [6, 6.07) is 0. The largest absolute Gasteiger partial charge is 0.449 e. The Morgan fingerprint density at radius 2 is 1.90 bits per heavy atom. The van der Waals surface area contributed by atoms with Crippen LogP contribution in [0.4, 0.5) is 4.79 Å². The lowest BCUT2D eigenvalue weighted by molar-refractivity contribution is -0.122. The van der Waals surface area contributed by atoms with Crippen LogP contribution in [0.2, 0.25) is 0 Å². The molecule has 2 N–H and O–H groups in total. The molecule has 2 amide bonds. The molecule has 0 spiro atoms. The maximum Gasteiger partial charge on any atom is 0.407 e. The van der Waals surface area contributed by atoms with Crippen LogP contribution in [-0.2, 0) is 27.9 Å². The van der Waals surface area contributed by atoms with Crippen molar-refractivity contribution in [3.8, 4) is 0 Å². The predicted octanol–water partition coefficient (Wildman–Crippen LogP) is 2.81. The molecule has 1 aromatic rings. The van der Waals surface area contributed by atoms with E-state index < -0.39 is 6.09 Å². The van der Waals surface area contributed by atoms with Crippen LogP contribution in [0.15, 0.2) is 0 Å². The Kier molecular flexibility index (Phi) is 6.43. The molecule has 1 fully saturated rings. The van der Waals surface area contributed by atoms with E-state index in [4.69, 9.17) is 4.74 Å². The van der Waals surface area contributed by atoms with Gasteiger partial charge in [-0.3, -0.25) is 4.79 Å². The quantitative estimate of drug-likeness (QED) is 0.691. The second kappa shape index (κ2) is 8.55. The minimum Gasteiger partial charge on any atom is -0.449 e. The van der Waals surface area contributed by atoms with Crippen molar-refractivity contribution in [2.45, 2.75) is 84.7 Å². The predicted molar refractivity (Wildman–Crippen MR) is 114 cm³/mol. The van der Waals surface area contributed by atoms with E-state index in [1.807, 2.05) is 20.8 Å². The molecule has 8 heteroatoms. The molecule has 0 saturated heterocycles. The lowest BCUT2D eigenvalue weighted by Gasteiger charge is -2.21. The summed E-state index contributed by atoms with van der Waals surface area (Å²) in [5.41, 5.74) is 2.07. The second-order valence-electron chi connectivity index (χ2n) is 10.7. The summed E-state index contributed by atoms with van der Waals surface area (Å²) in [5, 5.41) is 14.4. The van der Waals surface area contributed by atoms with E-state index in [1.165, 1.54) is 5.69 Å². The third-order valence-corrected chi connectivity index (χ3v) is 5.90. The van der Waals surface area contributed by atoms with Gasteiger partial charge in [-0.2, -0.15) is 0 Å². The topological polar surface area (TPSA) is 98.1 Å². The van der Waals surface area contributed by atoms with E-state index in [-0.39, 0.29) is 17.0 Å². The van der Waals surface area contributed by atoms with Crippen LogP contribution in [0.25, 0.3) is 0 Å². The molecule has 3 atom stereocenters. The van der Waals surface area contributed by atoms with E-state index in [9.17, 15) is 9.59 Å². The van der Waals surface area contributed by atoms with Crippen molar-refractivity contribution < 1.29 is 14.3 Å². The van der Waals surface area contributed by atoms with E-state index in [2.05, 4.69) is 46.4 Å². The Morgan fingerprint density at radius 1 is 1.17 bits per heavy atom. The molecule has 0 bridgehead atoms. The van der Waals surface area contributed by atoms with Gasteiger partial charge in [0.25, 0.3) is 0 Å². The van der Waals surface area contributed by atoms with Gasteiger partial charge in [0.2, 0.25) is 5.91 Å². The van der Waals surface area contributed by atoms with Crippen LogP contribution in [0, 0.1) is 17.8 Å². The lowest BCUT2D eigenvalue weighted by atomic mass is 10.1. The molecular formula is C22H37N5O3. The molecule has 2 aliphatic rings. The number of hydrogen-bond acceptors (Lipinski definition) is 5. The summed E-state index contributed by atoms with van der Waals surface area (Å²) in [7, 11) is 0. The van der Waals surface area contributed by atoms with Crippen molar-refractivity contribution in [1.29, 1.82) is 0 Å². The Morgan fingerprint density at radius 3 is 2.57 bits per heavy atom. The number of rotatable bonds is 6. The first-order chi connectivity index (χ1) is 14.0. The summed E-state index contributed by atoms with van der Waals surface area (Å²) >= 11 is 0. The fourth-order valence-corrected chi connectivity index (χ4v) is 4.44. The number of hydrogen-bond donors (Lipinski definition) is 2. The first kappa shape index (κ1) is 22.6. The SMILES string of the molecule is CC(C)(C)NC(=O)CCCNC(=O)OCC1[C@H]2Cc3c(nnn3C(C)(C)C)CC[C@@H]12. The molecular weight excluding hydrogens is 382 g/mol. The van der Waals surface area contributed by atoms with Crippen molar-refractivity contribution in [2.24, 2.45) is 17.8 Å². The standard InChI is InChI=1S/C22H37N5O3/c1-21(2,3)24-19(28)8-7-11-23-20(29)30-13-16-14-9-10-17-18(12-15(14)16)27(26-25-17)22(4,5)6/h14-16H,7-13H2,1-6H3,(H,23,29)(H,24,28)/t14-,15+,16?/m1/s1. The molecule has 2 aliphatic carbocycles. The Bertz CT molecular complexity index is 775. The van der Waals surface area contributed by atoms with Gasteiger partial charge in [-0.25, -0.2) is 9.48 Å². The normalized spacial score (nSPS) is 23.1. The minimum absolute atomic E-state index is 0.000792. The van der Waals surface area contributed by atoms with Crippen molar-refractivity contribution in [3.05, 3.63) is 11.4 Å². The van der Waals surface area contributed by atoms with Crippen molar-refractivity contribution in [1.82, 2.24) is 25.6 Å². The molecule has 1 heterocycles. The smallest absolute Gasteiger partial charge is 0.407 e. The minimum atomic E-state index is -0.394. The molecule has 30 heavy (non-hydrogen) atoms. The van der Waals surface area contributed by atoms with Gasteiger partial charge in [0.05, 0.1) is 23.5 Å². The highest BCUT2D eigenvalue weighted by Crippen LogP contribution is 2.53. The monoisotopic (exact) mass is 419 g/mol. The van der Waals surface area contributed by atoms with Crippen molar-refractivity contribution in [3.63, 3.8) is 0 Å². The molecule has 0 aromatic carbocycles. The van der Waals surface area contributed by atoms with Gasteiger partial charge in [-0.05, 0) is 85.0 Å². The summed E-state index contributed by atoms with van der Waals surface area (Å²) in [4.78, 5) is 23.8. The first-order valence-corrected chi connectivity index (χ1v) is 11.1. The highest BCUT2D eigenvalue weighted by molar-refractivity contribution is 5.76. The fourth-order valence-electron chi connectivity index (χ4n) is 4.44. The van der Waals surface area contributed by atoms with E-state index in [1.54, 1.807) is 0 Å².